The van der Waals surface area contributed by atoms with Crippen LogP contribution in [0, 0.1) is 29.6 Å². The molecule has 4 N–H and O–H groups in total. The molecule has 216 valence electrons. The molecular formula is C29H36ClN3O7. The summed E-state index contributed by atoms with van der Waals surface area (Å²) in [7, 11) is 5.10. The van der Waals surface area contributed by atoms with Gasteiger partial charge in [-0.15, -0.1) is 0 Å². The summed E-state index contributed by atoms with van der Waals surface area (Å²) in [5.41, 5.74) is 3.63. The SMILES string of the molecule is CN(Cc1cc(O)c2c(c1Cl)C[C@H]1C[C@H]3[C@H](N(C)C)C(=O)C(C(N)=O)C(=O)C3(O)C(=O)C1C2=O)CC1CCCC1. The molecule has 3 fully saturated rings. The maximum Gasteiger partial charge on any atom is 0.235 e. The molecule has 0 radical (unpaired) electrons. The summed E-state index contributed by atoms with van der Waals surface area (Å²) in [6.45, 7) is 1.37. The molecule has 0 saturated heterocycles. The van der Waals surface area contributed by atoms with Crippen LogP contribution in [-0.4, -0.2) is 88.4 Å². The Morgan fingerprint density at radius 1 is 1.12 bits per heavy atom. The van der Waals surface area contributed by atoms with Crippen LogP contribution in [0.2, 0.25) is 5.02 Å². The van der Waals surface area contributed by atoms with Crippen LogP contribution in [0.25, 0.3) is 0 Å². The number of primary amides is 1. The number of nitrogens with zero attached hydrogens (tertiary/aromatic N) is 2. The van der Waals surface area contributed by atoms with Crippen molar-refractivity contribution in [2.45, 2.75) is 56.7 Å². The number of phenols is 1. The molecule has 4 aliphatic carbocycles. The van der Waals surface area contributed by atoms with Crippen molar-refractivity contribution in [2.24, 2.45) is 35.3 Å². The van der Waals surface area contributed by atoms with Crippen LogP contribution in [0.15, 0.2) is 6.07 Å². The summed E-state index contributed by atoms with van der Waals surface area (Å²) in [6.07, 6.45) is 4.98. The number of carbonyl (C=O) groups is 5. The Hall–Kier alpha value is -2.66. The first-order valence-corrected chi connectivity index (χ1v) is 14.2. The largest absolute Gasteiger partial charge is 0.507 e. The Labute approximate surface area is 237 Å². The van der Waals surface area contributed by atoms with E-state index >= 15 is 0 Å². The number of aliphatic hydroxyl groups is 1. The molecule has 0 aliphatic heterocycles. The molecule has 10 nitrogen and oxygen atoms in total. The van der Waals surface area contributed by atoms with Crippen molar-refractivity contribution in [2.75, 3.05) is 27.7 Å². The molecule has 11 heteroatoms. The monoisotopic (exact) mass is 573 g/mol. The molecule has 3 unspecified atom stereocenters. The molecule has 0 aromatic heterocycles. The molecular weight excluding hydrogens is 538 g/mol. The highest BCUT2D eigenvalue weighted by Gasteiger charge is 2.69. The second kappa shape index (κ2) is 10.3. The number of aromatic hydroxyl groups is 1. The average Bonchev–Trinajstić information content (AvgIpc) is 3.36. The number of ketones is 4. The van der Waals surface area contributed by atoms with Crippen molar-refractivity contribution in [1.29, 1.82) is 0 Å². The predicted molar refractivity (Wildman–Crippen MR) is 145 cm³/mol. The Kier molecular flexibility index (Phi) is 7.44. The van der Waals surface area contributed by atoms with Crippen molar-refractivity contribution >= 4 is 40.6 Å². The van der Waals surface area contributed by atoms with Crippen LogP contribution in [0.5, 0.6) is 5.75 Å². The molecule has 6 atom stereocenters. The summed E-state index contributed by atoms with van der Waals surface area (Å²) in [4.78, 5) is 69.9. The van der Waals surface area contributed by atoms with Crippen molar-refractivity contribution in [3.05, 3.63) is 27.8 Å². The van der Waals surface area contributed by atoms with Crippen LogP contribution in [0.1, 0.15) is 53.6 Å². The van der Waals surface area contributed by atoms with E-state index in [0.29, 0.717) is 28.6 Å². The van der Waals surface area contributed by atoms with E-state index in [1.807, 2.05) is 7.05 Å². The van der Waals surface area contributed by atoms with Crippen LogP contribution in [-0.2, 0) is 32.1 Å². The third kappa shape index (κ3) is 4.31. The highest BCUT2D eigenvalue weighted by atomic mass is 35.5. The van der Waals surface area contributed by atoms with Crippen LogP contribution in [0.3, 0.4) is 0 Å². The summed E-state index contributed by atoms with van der Waals surface area (Å²) in [6, 6.07) is 0.311. The minimum atomic E-state index is -2.74. The number of Topliss-reactive ketones (excluding diaryl/α,β-unsaturated/α-hetero) is 4. The topological polar surface area (TPSA) is 158 Å². The van der Waals surface area contributed by atoms with Gasteiger partial charge in [0.2, 0.25) is 5.91 Å². The number of likely N-dealkylation sites (N-methyl/N-ethyl adjacent to an activating group) is 1. The molecule has 0 bridgehead atoms. The van der Waals surface area contributed by atoms with E-state index in [-0.39, 0.29) is 24.2 Å². The van der Waals surface area contributed by atoms with Gasteiger partial charge in [-0.25, -0.2) is 0 Å². The Morgan fingerprint density at radius 3 is 2.38 bits per heavy atom. The normalized spacial score (nSPS) is 32.4. The van der Waals surface area contributed by atoms with Crippen molar-refractivity contribution in [1.82, 2.24) is 9.80 Å². The maximum absolute atomic E-state index is 13.9. The lowest BCUT2D eigenvalue weighted by Gasteiger charge is -2.52. The number of amides is 1. The number of fused-ring (bicyclic) bond motifs is 3. The van der Waals surface area contributed by atoms with Crippen LogP contribution in [0.4, 0.5) is 0 Å². The third-order valence-corrected chi connectivity index (χ3v) is 10.0. The number of nitrogens with two attached hydrogens (primary N) is 1. The number of benzene rings is 1. The number of carbonyl (C=O) groups excluding carboxylic acids is 5. The summed E-state index contributed by atoms with van der Waals surface area (Å²) in [5.74, 6) is -10.0. The molecule has 1 aromatic rings. The molecule has 4 aliphatic rings. The molecule has 0 heterocycles. The summed E-state index contributed by atoms with van der Waals surface area (Å²) < 4.78 is 0. The van der Waals surface area contributed by atoms with Gasteiger partial charge in [0.15, 0.2) is 34.7 Å². The van der Waals surface area contributed by atoms with Gasteiger partial charge in [0, 0.05) is 24.0 Å². The van der Waals surface area contributed by atoms with Gasteiger partial charge in [-0.2, -0.15) is 0 Å². The van der Waals surface area contributed by atoms with Gasteiger partial charge in [-0.1, -0.05) is 24.4 Å². The third-order valence-electron chi connectivity index (χ3n) is 9.55. The predicted octanol–water partition coefficient (Wildman–Crippen LogP) is 1.14. The smallest absolute Gasteiger partial charge is 0.235 e. The fourth-order valence-electron chi connectivity index (χ4n) is 7.81. The first-order valence-electron chi connectivity index (χ1n) is 13.8. The van der Waals surface area contributed by atoms with Crippen molar-refractivity contribution < 1.29 is 34.2 Å². The number of halogens is 1. The average molecular weight is 574 g/mol. The lowest BCUT2D eigenvalue weighted by atomic mass is 9.52. The van der Waals surface area contributed by atoms with E-state index in [4.69, 9.17) is 17.3 Å². The first-order chi connectivity index (χ1) is 18.8. The zero-order valence-corrected chi connectivity index (χ0v) is 23.7. The van der Waals surface area contributed by atoms with Gasteiger partial charge in [0.05, 0.1) is 17.5 Å². The first kappa shape index (κ1) is 28.9. The Bertz CT molecular complexity index is 1310. The van der Waals surface area contributed by atoms with Crippen LogP contribution < -0.4 is 5.73 Å². The Balaban J connectivity index is 1.51. The number of hydrogen-bond donors (Lipinski definition) is 3. The highest BCUT2D eigenvalue weighted by molar-refractivity contribution is 6.34. The zero-order valence-electron chi connectivity index (χ0n) is 23.0. The lowest BCUT2D eigenvalue weighted by Crippen LogP contribution is -2.74. The van der Waals surface area contributed by atoms with E-state index in [1.165, 1.54) is 36.6 Å². The Morgan fingerprint density at radius 2 is 1.77 bits per heavy atom. The maximum atomic E-state index is 13.9. The van der Waals surface area contributed by atoms with Gasteiger partial charge >= 0.3 is 0 Å². The summed E-state index contributed by atoms with van der Waals surface area (Å²) >= 11 is 6.84. The second-order valence-corrected chi connectivity index (χ2v) is 12.7. The number of rotatable bonds is 6. The van der Waals surface area contributed by atoms with Gasteiger partial charge < -0.3 is 20.8 Å². The van der Waals surface area contributed by atoms with Gasteiger partial charge in [0.25, 0.3) is 0 Å². The quantitative estimate of drug-likeness (QED) is 0.424. The number of hydrogen-bond acceptors (Lipinski definition) is 9. The van der Waals surface area contributed by atoms with E-state index in [2.05, 4.69) is 4.90 Å². The fraction of sp³-hybridized carbons (Fsp3) is 0.621. The lowest BCUT2D eigenvalue weighted by molar-refractivity contribution is -0.181. The van der Waals surface area contributed by atoms with Gasteiger partial charge in [0.1, 0.15) is 5.75 Å². The minimum Gasteiger partial charge on any atom is -0.507 e. The van der Waals surface area contributed by atoms with E-state index in [0.717, 1.165) is 6.54 Å². The van der Waals surface area contributed by atoms with E-state index in [1.54, 1.807) is 14.1 Å². The molecule has 5 rings (SSSR count). The van der Waals surface area contributed by atoms with E-state index in [9.17, 15) is 34.2 Å². The summed E-state index contributed by atoms with van der Waals surface area (Å²) in [5, 5.41) is 23.0. The molecule has 1 amide bonds. The second-order valence-electron chi connectivity index (χ2n) is 12.4. The van der Waals surface area contributed by atoms with Crippen molar-refractivity contribution in [3.8, 4) is 5.75 Å². The fourth-order valence-corrected chi connectivity index (χ4v) is 8.10. The molecule has 0 spiro atoms. The van der Waals surface area contributed by atoms with Crippen LogP contribution >= 0.6 is 11.6 Å². The van der Waals surface area contributed by atoms with Crippen molar-refractivity contribution in [3.63, 3.8) is 0 Å². The zero-order chi connectivity index (χ0) is 29.3. The number of phenolic OH excluding ortho intramolecular Hbond substituents is 1. The van der Waals surface area contributed by atoms with E-state index < -0.39 is 64.4 Å². The standard InChI is InChI=1S/C29H36ClN3O7/c1-32(2)23-17-9-14-8-16-20(18(34)10-15(22(16)30)12-33(3)11-13-6-4-5-7-13)24(35)19(14)26(37)29(17,40)27(38)21(25(23)36)28(31)39/h10,13-14,17,19,21,23,34,40H,4-9,11-12H2,1-3H3,(H2,31,39)/t14-,17-,19?,21?,23-,29?/m0/s1. The van der Waals surface area contributed by atoms with Gasteiger partial charge in [-0.05, 0) is 75.9 Å². The minimum absolute atomic E-state index is 0.00715. The molecule has 1 aromatic carbocycles. The molecule has 3 saturated carbocycles. The molecule has 40 heavy (non-hydrogen) atoms. The highest BCUT2D eigenvalue weighted by Crippen LogP contribution is 2.51. The van der Waals surface area contributed by atoms with Gasteiger partial charge in [-0.3, -0.25) is 28.9 Å².